The lowest BCUT2D eigenvalue weighted by Crippen LogP contribution is -2.32. The Balaban J connectivity index is 1.97. The number of ether oxygens (including phenoxy) is 1. The topological polar surface area (TPSA) is 70.1 Å². The van der Waals surface area contributed by atoms with Crippen LogP contribution >= 0.6 is 15.9 Å². The first kappa shape index (κ1) is 17.5. The maximum absolute atomic E-state index is 12.4. The summed E-state index contributed by atoms with van der Waals surface area (Å²) in [7, 11) is 0. The Morgan fingerprint density at radius 2 is 2.00 bits per heavy atom. The van der Waals surface area contributed by atoms with Crippen molar-refractivity contribution in [3.8, 4) is 5.75 Å². The molecular weight excluding hydrogens is 382 g/mol. The number of rotatable bonds is 4. The molecule has 3 aromatic rings. The number of benzene rings is 2. The predicted molar refractivity (Wildman–Crippen MR) is 103 cm³/mol. The second kappa shape index (κ2) is 6.88. The SMILES string of the molecule is Cc1cc(OCc2nc3ccccc3c(=O)n2N)c(C(C)C)cc1Br. The number of aryl methyl sites for hydroxylation is 1. The van der Waals surface area contributed by atoms with Gasteiger partial charge in [0.05, 0.1) is 10.9 Å². The van der Waals surface area contributed by atoms with Gasteiger partial charge in [-0.1, -0.05) is 41.9 Å². The maximum Gasteiger partial charge on any atom is 0.279 e. The zero-order valence-electron chi connectivity index (χ0n) is 14.4. The summed E-state index contributed by atoms with van der Waals surface area (Å²) in [5.74, 6) is 7.39. The van der Waals surface area contributed by atoms with Gasteiger partial charge in [-0.3, -0.25) is 4.79 Å². The van der Waals surface area contributed by atoms with E-state index in [0.29, 0.717) is 22.6 Å². The van der Waals surface area contributed by atoms with Gasteiger partial charge >= 0.3 is 0 Å². The van der Waals surface area contributed by atoms with Gasteiger partial charge in [-0.05, 0) is 48.2 Å². The van der Waals surface area contributed by atoms with Gasteiger partial charge in [-0.15, -0.1) is 0 Å². The molecule has 0 bridgehead atoms. The minimum absolute atomic E-state index is 0.122. The van der Waals surface area contributed by atoms with E-state index in [-0.39, 0.29) is 12.2 Å². The molecule has 2 aromatic carbocycles. The van der Waals surface area contributed by atoms with Crippen molar-refractivity contribution in [2.24, 2.45) is 0 Å². The average Bonchev–Trinajstić information content (AvgIpc) is 2.59. The third-order valence-electron chi connectivity index (χ3n) is 4.15. The molecule has 0 atom stereocenters. The molecule has 0 unspecified atom stereocenters. The van der Waals surface area contributed by atoms with Crippen molar-refractivity contribution in [1.29, 1.82) is 0 Å². The molecule has 0 aliphatic heterocycles. The summed E-state index contributed by atoms with van der Waals surface area (Å²) in [5.41, 5.74) is 2.50. The number of nitrogens with two attached hydrogens (primary N) is 1. The lowest BCUT2D eigenvalue weighted by atomic mass is 10.0. The average molecular weight is 402 g/mol. The molecule has 1 heterocycles. The van der Waals surface area contributed by atoms with E-state index in [9.17, 15) is 4.79 Å². The van der Waals surface area contributed by atoms with Gasteiger partial charge in [0.1, 0.15) is 12.4 Å². The van der Waals surface area contributed by atoms with Crippen LogP contribution < -0.4 is 16.1 Å². The summed E-state index contributed by atoms with van der Waals surface area (Å²) < 4.78 is 8.09. The third-order valence-corrected chi connectivity index (χ3v) is 5.01. The molecule has 2 N–H and O–H groups in total. The number of nitrogen functional groups attached to an aromatic ring is 1. The largest absolute Gasteiger partial charge is 0.485 e. The van der Waals surface area contributed by atoms with Crippen LogP contribution in [0.1, 0.15) is 36.7 Å². The van der Waals surface area contributed by atoms with Gasteiger partial charge in [-0.25, -0.2) is 9.66 Å². The number of nitrogens with zero attached hydrogens (tertiary/aromatic N) is 2. The van der Waals surface area contributed by atoms with Crippen LogP contribution in [0.25, 0.3) is 10.9 Å². The van der Waals surface area contributed by atoms with Gasteiger partial charge in [0, 0.05) is 4.47 Å². The van der Waals surface area contributed by atoms with E-state index in [1.165, 1.54) is 0 Å². The highest BCUT2D eigenvalue weighted by Gasteiger charge is 2.13. The van der Waals surface area contributed by atoms with Crippen LogP contribution in [-0.4, -0.2) is 9.66 Å². The highest BCUT2D eigenvalue weighted by molar-refractivity contribution is 9.10. The molecule has 3 rings (SSSR count). The molecule has 5 nitrogen and oxygen atoms in total. The number of fused-ring (bicyclic) bond motifs is 1. The zero-order valence-corrected chi connectivity index (χ0v) is 16.0. The Morgan fingerprint density at radius 1 is 1.28 bits per heavy atom. The van der Waals surface area contributed by atoms with Crippen LogP contribution in [0.5, 0.6) is 5.75 Å². The minimum Gasteiger partial charge on any atom is -0.485 e. The molecule has 0 spiro atoms. The van der Waals surface area contributed by atoms with Crippen LogP contribution in [0.4, 0.5) is 0 Å². The van der Waals surface area contributed by atoms with Crippen molar-refractivity contribution in [3.05, 3.63) is 68.2 Å². The minimum atomic E-state index is -0.278. The van der Waals surface area contributed by atoms with Gasteiger partial charge in [0.25, 0.3) is 5.56 Å². The van der Waals surface area contributed by atoms with Crippen LogP contribution in [0, 0.1) is 6.92 Å². The summed E-state index contributed by atoms with van der Waals surface area (Å²) in [6.45, 7) is 6.35. The fourth-order valence-electron chi connectivity index (χ4n) is 2.68. The quantitative estimate of drug-likeness (QED) is 0.673. The molecule has 0 saturated heterocycles. The molecule has 0 radical (unpaired) electrons. The number of aromatic nitrogens is 2. The lowest BCUT2D eigenvalue weighted by Gasteiger charge is -2.17. The first-order valence-electron chi connectivity index (χ1n) is 8.07. The van der Waals surface area contributed by atoms with E-state index in [1.807, 2.05) is 19.1 Å². The van der Waals surface area contributed by atoms with Crippen molar-refractivity contribution in [2.75, 3.05) is 5.84 Å². The van der Waals surface area contributed by atoms with E-state index in [0.717, 1.165) is 26.0 Å². The highest BCUT2D eigenvalue weighted by atomic mass is 79.9. The van der Waals surface area contributed by atoms with Crippen molar-refractivity contribution in [2.45, 2.75) is 33.3 Å². The summed E-state index contributed by atoms with van der Waals surface area (Å²) in [5, 5.41) is 0.496. The van der Waals surface area contributed by atoms with Crippen LogP contribution in [-0.2, 0) is 6.61 Å². The first-order chi connectivity index (χ1) is 11.9. The van der Waals surface area contributed by atoms with Crippen LogP contribution in [0.3, 0.4) is 0 Å². The molecule has 0 amide bonds. The van der Waals surface area contributed by atoms with Gasteiger partial charge < -0.3 is 10.6 Å². The summed E-state index contributed by atoms with van der Waals surface area (Å²) in [4.78, 5) is 16.8. The Bertz CT molecular complexity index is 996. The van der Waals surface area contributed by atoms with Crippen molar-refractivity contribution in [3.63, 3.8) is 0 Å². The highest BCUT2D eigenvalue weighted by Crippen LogP contribution is 2.32. The molecule has 0 fully saturated rings. The normalized spacial score (nSPS) is 11.2. The molecule has 0 aliphatic carbocycles. The van der Waals surface area contributed by atoms with E-state index in [4.69, 9.17) is 10.6 Å². The molecule has 0 saturated carbocycles. The van der Waals surface area contributed by atoms with Gasteiger partial charge in [0.2, 0.25) is 0 Å². The molecule has 1 aromatic heterocycles. The van der Waals surface area contributed by atoms with E-state index in [2.05, 4.69) is 40.8 Å². The van der Waals surface area contributed by atoms with Gasteiger partial charge in [0.15, 0.2) is 5.82 Å². The third kappa shape index (κ3) is 3.39. The maximum atomic E-state index is 12.4. The van der Waals surface area contributed by atoms with Crippen LogP contribution in [0.15, 0.2) is 45.7 Å². The van der Waals surface area contributed by atoms with E-state index < -0.39 is 0 Å². The second-order valence-electron chi connectivity index (χ2n) is 6.30. The number of hydrogen-bond acceptors (Lipinski definition) is 4. The molecule has 25 heavy (non-hydrogen) atoms. The van der Waals surface area contributed by atoms with Crippen molar-refractivity contribution >= 4 is 26.8 Å². The van der Waals surface area contributed by atoms with E-state index >= 15 is 0 Å². The molecule has 130 valence electrons. The standard InChI is InChI=1S/C19H20BrN3O2/c1-11(2)14-9-15(20)12(3)8-17(14)25-10-18-22-16-7-5-4-6-13(16)19(24)23(18)21/h4-9,11H,10,21H2,1-3H3. The summed E-state index contributed by atoms with van der Waals surface area (Å²) >= 11 is 3.56. The Morgan fingerprint density at radius 3 is 2.72 bits per heavy atom. The predicted octanol–water partition coefficient (Wildman–Crippen LogP) is 3.88. The zero-order chi connectivity index (χ0) is 18.1. The summed E-state index contributed by atoms with van der Waals surface area (Å²) in [6.07, 6.45) is 0. The smallest absolute Gasteiger partial charge is 0.279 e. The van der Waals surface area contributed by atoms with E-state index in [1.54, 1.807) is 18.2 Å². The number of hydrogen-bond donors (Lipinski definition) is 1. The number of halogens is 1. The second-order valence-corrected chi connectivity index (χ2v) is 7.16. The first-order valence-corrected chi connectivity index (χ1v) is 8.86. The number of para-hydroxylation sites is 1. The Labute approximate surface area is 154 Å². The molecule has 6 heteroatoms. The van der Waals surface area contributed by atoms with Crippen molar-refractivity contribution in [1.82, 2.24) is 9.66 Å². The Hall–Kier alpha value is -2.34. The lowest BCUT2D eigenvalue weighted by molar-refractivity contribution is 0.287. The van der Waals surface area contributed by atoms with Crippen LogP contribution in [0.2, 0.25) is 0 Å². The monoisotopic (exact) mass is 401 g/mol. The fraction of sp³-hybridized carbons (Fsp3) is 0.263. The fourth-order valence-corrected chi connectivity index (χ4v) is 3.04. The molecule has 0 aliphatic rings. The Kier molecular flexibility index (Phi) is 4.81. The van der Waals surface area contributed by atoms with Crippen molar-refractivity contribution < 1.29 is 4.74 Å². The molecular formula is C19H20BrN3O2. The summed E-state index contributed by atoms with van der Waals surface area (Å²) in [6, 6.07) is 11.2. The van der Waals surface area contributed by atoms with Gasteiger partial charge in [-0.2, -0.15) is 0 Å².